The molecule has 0 unspecified atom stereocenters. The standard InChI is InChI=1S/C15H21N5O/c1-11(2)18-15-19-14(10-17-20-15)16-9-8-12-6-4-5-7-13(12)21-3/h4-7,10-11H,8-9H2,1-3H3,(H2,16,18,19,20). The molecular weight excluding hydrogens is 266 g/mol. The van der Waals surface area contributed by atoms with Crippen molar-refractivity contribution >= 4 is 11.8 Å². The average molecular weight is 287 g/mol. The van der Waals surface area contributed by atoms with Gasteiger partial charge in [0, 0.05) is 12.6 Å². The van der Waals surface area contributed by atoms with Crippen molar-refractivity contribution in [2.75, 3.05) is 24.3 Å². The Bertz CT molecular complexity index is 573. The van der Waals surface area contributed by atoms with Crippen LogP contribution in [0.5, 0.6) is 5.75 Å². The molecule has 0 aliphatic heterocycles. The van der Waals surface area contributed by atoms with E-state index >= 15 is 0 Å². The van der Waals surface area contributed by atoms with Gasteiger partial charge in [0.25, 0.3) is 0 Å². The number of para-hydroxylation sites is 1. The molecule has 0 saturated carbocycles. The fourth-order valence-corrected chi connectivity index (χ4v) is 1.94. The van der Waals surface area contributed by atoms with Crippen LogP contribution < -0.4 is 15.4 Å². The first kappa shape index (κ1) is 15.0. The number of methoxy groups -OCH3 is 1. The normalized spacial score (nSPS) is 10.5. The number of aromatic nitrogens is 3. The second kappa shape index (κ2) is 7.42. The molecule has 6 nitrogen and oxygen atoms in total. The van der Waals surface area contributed by atoms with Gasteiger partial charge in [-0.05, 0) is 31.9 Å². The summed E-state index contributed by atoms with van der Waals surface area (Å²) in [5.74, 6) is 2.15. The monoisotopic (exact) mass is 287 g/mol. The van der Waals surface area contributed by atoms with Crippen molar-refractivity contribution in [3.8, 4) is 5.75 Å². The van der Waals surface area contributed by atoms with Gasteiger partial charge in [0.15, 0.2) is 5.82 Å². The van der Waals surface area contributed by atoms with Crippen LogP contribution >= 0.6 is 0 Å². The minimum absolute atomic E-state index is 0.274. The fraction of sp³-hybridized carbons (Fsp3) is 0.400. The molecule has 0 aliphatic rings. The minimum Gasteiger partial charge on any atom is -0.496 e. The summed E-state index contributed by atoms with van der Waals surface area (Å²) in [5.41, 5.74) is 1.16. The van der Waals surface area contributed by atoms with E-state index in [4.69, 9.17) is 4.74 Å². The average Bonchev–Trinajstić information content (AvgIpc) is 2.47. The van der Waals surface area contributed by atoms with Gasteiger partial charge in [-0.2, -0.15) is 10.1 Å². The molecule has 112 valence electrons. The number of hydrogen-bond donors (Lipinski definition) is 2. The fourth-order valence-electron chi connectivity index (χ4n) is 1.94. The number of benzene rings is 1. The minimum atomic E-state index is 0.274. The lowest BCUT2D eigenvalue weighted by Gasteiger charge is -2.10. The van der Waals surface area contributed by atoms with Gasteiger partial charge >= 0.3 is 0 Å². The second-order valence-electron chi connectivity index (χ2n) is 4.95. The first-order valence-electron chi connectivity index (χ1n) is 7.01. The molecule has 2 N–H and O–H groups in total. The zero-order valence-corrected chi connectivity index (χ0v) is 12.6. The highest BCUT2D eigenvalue weighted by atomic mass is 16.5. The molecule has 0 spiro atoms. The van der Waals surface area contributed by atoms with Gasteiger partial charge in [0.1, 0.15) is 5.75 Å². The number of ether oxygens (including phenoxy) is 1. The summed E-state index contributed by atoms with van der Waals surface area (Å²) >= 11 is 0. The van der Waals surface area contributed by atoms with Gasteiger partial charge in [0.05, 0.1) is 13.3 Å². The van der Waals surface area contributed by atoms with E-state index in [1.165, 1.54) is 0 Å². The quantitative estimate of drug-likeness (QED) is 0.814. The second-order valence-corrected chi connectivity index (χ2v) is 4.95. The maximum atomic E-state index is 5.34. The van der Waals surface area contributed by atoms with E-state index in [-0.39, 0.29) is 6.04 Å². The Morgan fingerprint density at radius 2 is 2.05 bits per heavy atom. The lowest BCUT2D eigenvalue weighted by atomic mass is 10.1. The predicted molar refractivity (Wildman–Crippen MR) is 83.8 cm³/mol. The SMILES string of the molecule is COc1ccccc1CCNc1cnnc(NC(C)C)n1. The maximum absolute atomic E-state index is 5.34. The third kappa shape index (κ3) is 4.59. The van der Waals surface area contributed by atoms with Gasteiger partial charge < -0.3 is 15.4 Å². The predicted octanol–water partition coefficient (Wildman–Crippen LogP) is 2.36. The van der Waals surface area contributed by atoms with Crippen LogP contribution in [0.4, 0.5) is 11.8 Å². The molecule has 0 aliphatic carbocycles. The van der Waals surface area contributed by atoms with Crippen LogP contribution in [-0.4, -0.2) is 34.9 Å². The third-order valence-electron chi connectivity index (χ3n) is 2.87. The van der Waals surface area contributed by atoms with Crippen molar-refractivity contribution in [3.05, 3.63) is 36.0 Å². The Morgan fingerprint density at radius 3 is 2.81 bits per heavy atom. The van der Waals surface area contributed by atoms with Gasteiger partial charge in [-0.25, -0.2) is 0 Å². The van der Waals surface area contributed by atoms with Crippen LogP contribution in [0.1, 0.15) is 19.4 Å². The van der Waals surface area contributed by atoms with Crippen LogP contribution in [0.3, 0.4) is 0 Å². The van der Waals surface area contributed by atoms with E-state index < -0.39 is 0 Å². The molecule has 0 amide bonds. The highest BCUT2D eigenvalue weighted by Crippen LogP contribution is 2.17. The van der Waals surface area contributed by atoms with Gasteiger partial charge in [-0.3, -0.25) is 0 Å². The van der Waals surface area contributed by atoms with Crippen LogP contribution in [0.2, 0.25) is 0 Å². The summed E-state index contributed by atoms with van der Waals surface area (Å²) in [6, 6.07) is 8.27. The molecule has 0 radical (unpaired) electrons. The number of nitrogens with one attached hydrogen (secondary N) is 2. The zero-order valence-electron chi connectivity index (χ0n) is 12.6. The third-order valence-corrected chi connectivity index (χ3v) is 2.87. The Kier molecular flexibility index (Phi) is 5.31. The number of rotatable bonds is 7. The van der Waals surface area contributed by atoms with E-state index in [9.17, 15) is 0 Å². The smallest absolute Gasteiger partial charge is 0.244 e. The zero-order chi connectivity index (χ0) is 15.1. The summed E-state index contributed by atoms with van der Waals surface area (Å²) in [6.07, 6.45) is 2.47. The van der Waals surface area contributed by atoms with E-state index in [2.05, 4.69) is 31.9 Å². The number of nitrogens with zero attached hydrogens (tertiary/aromatic N) is 3. The van der Waals surface area contributed by atoms with Gasteiger partial charge in [-0.1, -0.05) is 18.2 Å². The molecular formula is C15H21N5O. The Hall–Kier alpha value is -2.37. The summed E-state index contributed by atoms with van der Waals surface area (Å²) in [5, 5.41) is 14.3. The van der Waals surface area contributed by atoms with Crippen LogP contribution in [0.25, 0.3) is 0 Å². The summed E-state index contributed by atoms with van der Waals surface area (Å²) < 4.78 is 5.34. The lowest BCUT2D eigenvalue weighted by molar-refractivity contribution is 0.410. The van der Waals surface area contributed by atoms with Crippen LogP contribution in [0.15, 0.2) is 30.5 Å². The molecule has 6 heteroatoms. The molecule has 0 saturated heterocycles. The first-order chi connectivity index (χ1) is 10.2. The van der Waals surface area contributed by atoms with Crippen LogP contribution in [-0.2, 0) is 6.42 Å². The molecule has 1 heterocycles. The Morgan fingerprint density at radius 1 is 1.24 bits per heavy atom. The van der Waals surface area contributed by atoms with Crippen LogP contribution in [0, 0.1) is 0 Å². The number of anilines is 2. The Labute approximate surface area is 125 Å². The summed E-state index contributed by atoms with van der Waals surface area (Å²) in [7, 11) is 1.68. The highest BCUT2D eigenvalue weighted by molar-refractivity contribution is 5.38. The molecule has 0 bridgehead atoms. The Balaban J connectivity index is 1.91. The van der Waals surface area contributed by atoms with Crippen molar-refractivity contribution in [2.24, 2.45) is 0 Å². The molecule has 1 aromatic heterocycles. The molecule has 21 heavy (non-hydrogen) atoms. The molecule has 2 aromatic rings. The summed E-state index contributed by atoms with van der Waals surface area (Å²) in [6.45, 7) is 4.82. The van der Waals surface area contributed by atoms with Crippen molar-refractivity contribution in [3.63, 3.8) is 0 Å². The van der Waals surface area contributed by atoms with Crippen molar-refractivity contribution in [1.82, 2.24) is 15.2 Å². The van der Waals surface area contributed by atoms with Crippen molar-refractivity contribution in [1.29, 1.82) is 0 Å². The van der Waals surface area contributed by atoms with Crippen molar-refractivity contribution < 1.29 is 4.74 Å². The highest BCUT2D eigenvalue weighted by Gasteiger charge is 2.03. The van der Waals surface area contributed by atoms with E-state index in [0.29, 0.717) is 11.8 Å². The number of hydrogen-bond acceptors (Lipinski definition) is 6. The first-order valence-corrected chi connectivity index (χ1v) is 7.01. The van der Waals surface area contributed by atoms with Gasteiger partial charge in [0.2, 0.25) is 5.95 Å². The maximum Gasteiger partial charge on any atom is 0.244 e. The lowest BCUT2D eigenvalue weighted by Crippen LogP contribution is -2.14. The molecule has 0 fully saturated rings. The molecule has 1 aromatic carbocycles. The largest absolute Gasteiger partial charge is 0.496 e. The van der Waals surface area contributed by atoms with E-state index in [0.717, 1.165) is 24.3 Å². The summed E-state index contributed by atoms with van der Waals surface area (Å²) in [4.78, 5) is 4.36. The molecule has 2 rings (SSSR count). The van der Waals surface area contributed by atoms with Crippen molar-refractivity contribution in [2.45, 2.75) is 26.3 Å². The topological polar surface area (TPSA) is 72.0 Å². The van der Waals surface area contributed by atoms with E-state index in [1.807, 2.05) is 32.0 Å². The molecule has 0 atom stereocenters. The van der Waals surface area contributed by atoms with Gasteiger partial charge in [-0.15, -0.1) is 5.10 Å². The van der Waals surface area contributed by atoms with E-state index in [1.54, 1.807) is 13.3 Å².